The minimum absolute atomic E-state index is 0. The predicted octanol–water partition coefficient (Wildman–Crippen LogP) is 0.638. The Balaban J connectivity index is 0. The Labute approximate surface area is 262 Å². The van der Waals surface area contributed by atoms with Gasteiger partial charge in [0.1, 0.15) is 5.82 Å². The molecule has 0 atom stereocenters. The molecule has 9 heteroatoms. The third kappa shape index (κ3) is 12.0. The van der Waals surface area contributed by atoms with Crippen LogP contribution in [0.2, 0.25) is 0 Å². The Kier molecular flexibility index (Phi) is 18.5. The summed E-state index contributed by atoms with van der Waals surface area (Å²) in [5.74, 6) is 0.570. The van der Waals surface area contributed by atoms with Crippen molar-refractivity contribution in [3.8, 4) is 0 Å². The van der Waals surface area contributed by atoms with Gasteiger partial charge in [-0.05, 0) is 67.0 Å². The minimum Gasteiger partial charge on any atom is -1.00 e. The molecule has 0 saturated heterocycles. The number of halogens is 4. The molecule has 33 heavy (non-hydrogen) atoms. The second-order valence-corrected chi connectivity index (χ2v) is 7.42. The average molecular weight is 649 g/mol. The summed E-state index contributed by atoms with van der Waals surface area (Å²) in [6.45, 7) is 13.8. The van der Waals surface area contributed by atoms with Crippen molar-refractivity contribution in [1.82, 2.24) is 14.8 Å². The van der Waals surface area contributed by atoms with Crippen LogP contribution in [0.15, 0.2) is 42.6 Å². The first-order valence-electron chi connectivity index (χ1n) is 10.9. The van der Waals surface area contributed by atoms with E-state index in [0.29, 0.717) is 17.1 Å². The zero-order valence-electron chi connectivity index (χ0n) is 20.6. The van der Waals surface area contributed by atoms with Gasteiger partial charge >= 0.3 is 64.4 Å². The van der Waals surface area contributed by atoms with E-state index in [9.17, 15) is 13.2 Å². The molecule has 0 spiro atoms. The summed E-state index contributed by atoms with van der Waals surface area (Å²) < 4.78 is 39.8. The zero-order chi connectivity index (χ0) is 23.6. The molecule has 0 bridgehead atoms. The number of allylic oxidation sites excluding steroid dienone is 3. The van der Waals surface area contributed by atoms with Crippen LogP contribution < -0.4 is 87.9 Å². The number of nitrogen functional groups attached to an aromatic ring is 1. The van der Waals surface area contributed by atoms with E-state index in [1.807, 2.05) is 50.6 Å². The van der Waals surface area contributed by atoms with Crippen LogP contribution in [-0.2, 0) is 19.4 Å². The molecule has 3 rings (SSSR count). The van der Waals surface area contributed by atoms with Crippen molar-refractivity contribution in [2.45, 2.75) is 73.0 Å². The molecule has 2 aromatic heterocycles. The van der Waals surface area contributed by atoms with Gasteiger partial charge < -0.3 is 29.7 Å². The maximum Gasteiger partial charge on any atom is 1.00 e. The molecule has 0 saturated carbocycles. The molecular formula is C24H35F3IN4Rb. The summed E-state index contributed by atoms with van der Waals surface area (Å²) in [5, 5.41) is 4.45. The van der Waals surface area contributed by atoms with Crippen LogP contribution in [0.5, 0.6) is 0 Å². The molecule has 0 radical (unpaired) electrons. The van der Waals surface area contributed by atoms with E-state index in [-0.39, 0.29) is 88.1 Å². The fourth-order valence-corrected chi connectivity index (χ4v) is 3.08. The molecule has 0 unspecified atom stereocenters. The third-order valence-electron chi connectivity index (χ3n) is 4.78. The first-order chi connectivity index (χ1) is 14.6. The monoisotopic (exact) mass is 648 g/mol. The number of hydrogen-bond acceptors (Lipinski definition) is 3. The Hall–Kier alpha value is -0.0348. The molecule has 0 amide bonds. The minimum atomic E-state index is -4.39. The van der Waals surface area contributed by atoms with Crippen molar-refractivity contribution < 1.29 is 95.3 Å². The van der Waals surface area contributed by atoms with Gasteiger partial charge in [-0.2, -0.15) is 18.3 Å². The van der Waals surface area contributed by atoms with Crippen LogP contribution in [0, 0.1) is 5.92 Å². The van der Waals surface area contributed by atoms with E-state index in [0.717, 1.165) is 44.0 Å². The van der Waals surface area contributed by atoms with Crippen LogP contribution in [0.3, 0.4) is 0 Å². The van der Waals surface area contributed by atoms with Gasteiger partial charge in [0.25, 0.3) is 0 Å². The molecule has 180 valence electrons. The predicted molar refractivity (Wildman–Crippen MR) is 123 cm³/mol. The zero-order valence-corrected chi connectivity index (χ0v) is 27.7. The first-order valence-corrected chi connectivity index (χ1v) is 10.9. The van der Waals surface area contributed by atoms with Crippen molar-refractivity contribution in [3.63, 3.8) is 0 Å². The Morgan fingerprint density at radius 2 is 1.88 bits per heavy atom. The second-order valence-electron chi connectivity index (χ2n) is 7.42. The standard InChI is InChI=1S/C15H19F3N2.C7H10N2.C2H6.HI.Rb/c1-10(2)13(8-11(3)15(16,17)18)14-9-12-6-4-5-7-20(12)19-14;1-2-6-3-4-9-7(8)5-6;1-2;;/h8-10H,3-7H2,1-2H3;3-5H,2H2,1H3,(H2,8,9);1-2H3;1H;/q;;;;+1/p-1/b13-8+;;;;. The summed E-state index contributed by atoms with van der Waals surface area (Å²) in [7, 11) is 0. The van der Waals surface area contributed by atoms with Crippen LogP contribution in [0.1, 0.15) is 64.4 Å². The van der Waals surface area contributed by atoms with Crippen LogP contribution in [0.4, 0.5) is 19.0 Å². The number of rotatable bonds is 4. The molecule has 0 aromatic carbocycles. The summed E-state index contributed by atoms with van der Waals surface area (Å²) in [5.41, 5.74) is 8.17. The topological polar surface area (TPSA) is 56.7 Å². The van der Waals surface area contributed by atoms with Crippen molar-refractivity contribution >= 4 is 11.4 Å². The summed E-state index contributed by atoms with van der Waals surface area (Å²) in [6.07, 6.45) is 2.61. The molecule has 3 heterocycles. The number of hydrogen-bond donors (Lipinski definition) is 1. The largest absolute Gasteiger partial charge is 1.00 e. The van der Waals surface area contributed by atoms with E-state index in [4.69, 9.17) is 5.73 Å². The molecule has 0 aliphatic carbocycles. The quantitative estimate of drug-likeness (QED) is 0.392. The van der Waals surface area contributed by atoms with Gasteiger partial charge in [-0.3, -0.25) is 4.68 Å². The van der Waals surface area contributed by atoms with E-state index < -0.39 is 11.7 Å². The molecule has 0 fully saturated rings. The number of anilines is 1. The number of fused-ring (bicyclic) bond motifs is 1. The van der Waals surface area contributed by atoms with Crippen molar-refractivity contribution in [1.29, 1.82) is 0 Å². The average Bonchev–Trinajstić information content (AvgIpc) is 3.16. The van der Waals surface area contributed by atoms with Gasteiger partial charge in [0.2, 0.25) is 0 Å². The van der Waals surface area contributed by atoms with Gasteiger partial charge in [0.05, 0.1) is 5.69 Å². The van der Waals surface area contributed by atoms with E-state index in [2.05, 4.69) is 23.6 Å². The van der Waals surface area contributed by atoms with Gasteiger partial charge in [-0.25, -0.2) is 4.98 Å². The summed E-state index contributed by atoms with van der Waals surface area (Å²) in [4.78, 5) is 3.87. The van der Waals surface area contributed by atoms with Gasteiger partial charge in [0, 0.05) is 24.0 Å². The van der Waals surface area contributed by atoms with Crippen LogP contribution in [0.25, 0.3) is 5.57 Å². The third-order valence-corrected chi connectivity index (χ3v) is 4.78. The second kappa shape index (κ2) is 17.4. The Morgan fingerprint density at radius 3 is 2.33 bits per heavy atom. The number of aryl methyl sites for hydroxylation is 3. The smallest absolute Gasteiger partial charge is 1.00 e. The number of pyridine rings is 1. The molecule has 4 nitrogen and oxygen atoms in total. The summed E-state index contributed by atoms with van der Waals surface area (Å²) in [6, 6.07) is 5.77. The number of nitrogens with zero attached hydrogens (tertiary/aromatic N) is 3. The fraction of sp³-hybridized carbons (Fsp3) is 0.500. The SMILES string of the molecule is C=C(/C=C(/c1cc2n(n1)CCCC2)C(C)C)C(F)(F)F.CC.CCc1ccnc(N)c1.[I-].[Rb+]. The maximum atomic E-state index is 12.6. The molecule has 1 aliphatic heterocycles. The first kappa shape index (κ1) is 35.1. The maximum absolute atomic E-state index is 12.6. The van der Waals surface area contributed by atoms with Crippen LogP contribution >= 0.6 is 0 Å². The number of alkyl halides is 3. The van der Waals surface area contributed by atoms with E-state index >= 15 is 0 Å². The molecular weight excluding hydrogens is 614 g/mol. The Morgan fingerprint density at radius 1 is 1.24 bits per heavy atom. The van der Waals surface area contributed by atoms with Crippen molar-refractivity contribution in [3.05, 3.63) is 59.6 Å². The Bertz CT molecular complexity index is 853. The van der Waals surface area contributed by atoms with Gasteiger partial charge in [-0.15, -0.1) is 0 Å². The van der Waals surface area contributed by atoms with Crippen molar-refractivity contribution in [2.24, 2.45) is 5.92 Å². The molecule has 2 N–H and O–H groups in total. The van der Waals surface area contributed by atoms with Crippen molar-refractivity contribution in [2.75, 3.05) is 5.73 Å². The number of aromatic nitrogens is 3. The molecule has 2 aromatic rings. The van der Waals surface area contributed by atoms with Gasteiger partial charge in [0.15, 0.2) is 0 Å². The van der Waals surface area contributed by atoms with Gasteiger partial charge in [-0.1, -0.05) is 41.2 Å². The van der Waals surface area contributed by atoms with E-state index in [1.165, 1.54) is 5.56 Å². The normalized spacial score (nSPS) is 12.7. The van der Waals surface area contributed by atoms with E-state index in [1.54, 1.807) is 6.20 Å². The summed E-state index contributed by atoms with van der Waals surface area (Å²) >= 11 is 0. The van der Waals surface area contributed by atoms with Crippen LogP contribution in [-0.4, -0.2) is 20.9 Å². The fourth-order valence-electron chi connectivity index (χ4n) is 3.08. The number of nitrogens with two attached hydrogens (primary N) is 1. The molecule has 1 aliphatic rings.